The first-order chi connectivity index (χ1) is 8.86. The van der Waals surface area contributed by atoms with E-state index in [4.69, 9.17) is 16.4 Å². The maximum atomic E-state index is 11.6. The monoisotopic (exact) mass is 285 g/mol. The van der Waals surface area contributed by atoms with E-state index in [1.165, 1.54) is 13.2 Å². The number of amides is 1. The molecule has 1 rings (SSSR count). The molecule has 1 aromatic heterocycles. The van der Waals surface area contributed by atoms with Gasteiger partial charge in [-0.1, -0.05) is 25.4 Å². The summed E-state index contributed by atoms with van der Waals surface area (Å²) >= 11 is 6.26. The molecule has 0 fully saturated rings. The number of carbonyl (C=O) groups is 1. The molecule has 6 heteroatoms. The summed E-state index contributed by atoms with van der Waals surface area (Å²) in [5.74, 6) is 0.199. The van der Waals surface area contributed by atoms with Crippen molar-refractivity contribution in [3.8, 4) is 0 Å². The topological polar surface area (TPSA) is 47.4 Å². The first-order valence-electron chi connectivity index (χ1n) is 6.09. The van der Waals surface area contributed by atoms with Crippen LogP contribution in [0.15, 0.2) is 6.08 Å². The van der Waals surface area contributed by atoms with E-state index in [0.717, 1.165) is 22.9 Å². The average Bonchev–Trinajstić information content (AvgIpc) is 2.60. The average molecular weight is 286 g/mol. The maximum Gasteiger partial charge on any atom is 0.269 e. The van der Waals surface area contributed by atoms with Gasteiger partial charge in [0.15, 0.2) is 0 Å². The van der Waals surface area contributed by atoms with Crippen molar-refractivity contribution in [1.82, 2.24) is 14.8 Å². The molecule has 0 aliphatic heterocycles. The fourth-order valence-corrected chi connectivity index (χ4v) is 1.88. The van der Waals surface area contributed by atoms with Gasteiger partial charge in [-0.05, 0) is 18.9 Å². The number of nitrogens with zero attached hydrogens (tertiary/aromatic N) is 3. The van der Waals surface area contributed by atoms with E-state index >= 15 is 0 Å². The lowest BCUT2D eigenvalue weighted by Gasteiger charge is -2.10. The highest BCUT2D eigenvalue weighted by Crippen LogP contribution is 2.22. The highest BCUT2D eigenvalue weighted by Gasteiger charge is 2.12. The van der Waals surface area contributed by atoms with Crippen LogP contribution in [0.4, 0.5) is 0 Å². The van der Waals surface area contributed by atoms with Gasteiger partial charge >= 0.3 is 0 Å². The summed E-state index contributed by atoms with van der Waals surface area (Å²) < 4.78 is 1.76. The van der Waals surface area contributed by atoms with Crippen LogP contribution in [0.25, 0.3) is 6.08 Å². The second kappa shape index (κ2) is 6.73. The predicted molar refractivity (Wildman–Crippen MR) is 75.6 cm³/mol. The Morgan fingerprint density at radius 2 is 2.21 bits per heavy atom. The third-order valence-electron chi connectivity index (χ3n) is 2.62. The molecule has 0 bridgehead atoms. The van der Waals surface area contributed by atoms with Crippen LogP contribution >= 0.6 is 11.6 Å². The summed E-state index contributed by atoms with van der Waals surface area (Å²) in [6.07, 6.45) is 3.08. The zero-order valence-corrected chi connectivity index (χ0v) is 12.7. The highest BCUT2D eigenvalue weighted by atomic mass is 35.5. The molecule has 0 spiro atoms. The van der Waals surface area contributed by atoms with E-state index in [0.29, 0.717) is 11.1 Å². The number of rotatable bonds is 5. The van der Waals surface area contributed by atoms with Gasteiger partial charge < -0.3 is 0 Å². The lowest BCUT2D eigenvalue weighted by molar-refractivity contribution is -0.162. The number of hydroxylamine groups is 2. The van der Waals surface area contributed by atoms with Gasteiger partial charge in [-0.25, -0.2) is 5.06 Å². The second-order valence-corrected chi connectivity index (χ2v) is 5.08. The molecule has 1 amide bonds. The largest absolute Gasteiger partial charge is 0.274 e. The number of carbonyl (C=O) groups excluding carboxylic acids is 1. The minimum atomic E-state index is -0.255. The Balaban J connectivity index is 2.93. The Kier molecular flexibility index (Phi) is 5.57. The minimum Gasteiger partial charge on any atom is -0.274 e. The van der Waals surface area contributed by atoms with Crippen molar-refractivity contribution >= 4 is 23.6 Å². The van der Waals surface area contributed by atoms with Crippen molar-refractivity contribution < 1.29 is 9.63 Å². The van der Waals surface area contributed by atoms with Gasteiger partial charge in [-0.2, -0.15) is 5.10 Å². The molecule has 106 valence electrons. The fraction of sp³-hybridized carbons (Fsp3) is 0.538. The van der Waals surface area contributed by atoms with Crippen LogP contribution in [0.3, 0.4) is 0 Å². The van der Waals surface area contributed by atoms with Gasteiger partial charge in [0.2, 0.25) is 0 Å². The van der Waals surface area contributed by atoms with Crippen LogP contribution in [0.1, 0.15) is 25.1 Å². The van der Waals surface area contributed by atoms with Crippen molar-refractivity contribution in [2.75, 3.05) is 14.2 Å². The fourth-order valence-electron chi connectivity index (χ4n) is 1.57. The van der Waals surface area contributed by atoms with Crippen molar-refractivity contribution in [2.45, 2.75) is 27.3 Å². The van der Waals surface area contributed by atoms with E-state index < -0.39 is 0 Å². The third-order valence-corrected chi connectivity index (χ3v) is 3.02. The third kappa shape index (κ3) is 4.08. The summed E-state index contributed by atoms with van der Waals surface area (Å²) in [5.41, 5.74) is 1.56. The molecule has 19 heavy (non-hydrogen) atoms. The normalized spacial score (nSPS) is 11.5. The second-order valence-electron chi connectivity index (χ2n) is 4.72. The minimum absolute atomic E-state index is 0.255. The standard InChI is InChI=1S/C13H20ClN3O2/c1-9(2)8-17-13(14)11(10(3)15-17)6-7-12(18)16(4)19-5/h6-7,9H,8H2,1-5H3/b7-6+. The van der Waals surface area contributed by atoms with E-state index in [-0.39, 0.29) is 5.91 Å². The SMILES string of the molecule is CON(C)C(=O)/C=C/c1c(C)nn(CC(C)C)c1Cl. The van der Waals surface area contributed by atoms with E-state index in [9.17, 15) is 4.79 Å². The van der Waals surface area contributed by atoms with Crippen LogP contribution in [-0.2, 0) is 16.2 Å². The number of aromatic nitrogens is 2. The molecule has 0 aliphatic rings. The number of hydrogen-bond acceptors (Lipinski definition) is 3. The smallest absolute Gasteiger partial charge is 0.269 e. The Morgan fingerprint density at radius 1 is 1.58 bits per heavy atom. The van der Waals surface area contributed by atoms with Crippen molar-refractivity contribution in [1.29, 1.82) is 0 Å². The van der Waals surface area contributed by atoms with E-state index in [1.807, 2.05) is 6.92 Å². The highest BCUT2D eigenvalue weighted by molar-refractivity contribution is 6.31. The Morgan fingerprint density at radius 3 is 2.74 bits per heavy atom. The van der Waals surface area contributed by atoms with Crippen molar-refractivity contribution in [2.24, 2.45) is 5.92 Å². The number of likely N-dealkylation sites (N-methyl/N-ethyl adjacent to an activating group) is 1. The van der Waals surface area contributed by atoms with Crippen LogP contribution in [0.2, 0.25) is 5.15 Å². The molecular formula is C13H20ClN3O2. The number of hydrogen-bond donors (Lipinski definition) is 0. The summed E-state index contributed by atoms with van der Waals surface area (Å²) in [6.45, 7) is 6.81. The van der Waals surface area contributed by atoms with Gasteiger partial charge in [0.25, 0.3) is 5.91 Å². The first-order valence-corrected chi connectivity index (χ1v) is 6.47. The molecule has 0 atom stereocenters. The molecule has 0 saturated carbocycles. The van der Waals surface area contributed by atoms with Crippen LogP contribution in [0, 0.1) is 12.8 Å². The molecule has 0 unspecified atom stereocenters. The van der Waals surface area contributed by atoms with Gasteiger partial charge in [0, 0.05) is 25.2 Å². The molecule has 0 N–H and O–H groups in total. The van der Waals surface area contributed by atoms with Crippen LogP contribution < -0.4 is 0 Å². The molecule has 0 radical (unpaired) electrons. The van der Waals surface area contributed by atoms with E-state index in [1.54, 1.807) is 17.8 Å². The first kappa shape index (κ1) is 15.7. The molecule has 1 heterocycles. The molecular weight excluding hydrogens is 266 g/mol. The van der Waals surface area contributed by atoms with Crippen LogP contribution in [-0.4, -0.2) is 34.9 Å². The van der Waals surface area contributed by atoms with Gasteiger partial charge in [-0.3, -0.25) is 14.3 Å². The molecule has 1 aromatic rings. The quantitative estimate of drug-likeness (QED) is 0.617. The zero-order valence-electron chi connectivity index (χ0n) is 12.0. The lowest BCUT2D eigenvalue weighted by atomic mass is 10.2. The zero-order chi connectivity index (χ0) is 14.6. The number of aryl methyl sites for hydroxylation is 1. The van der Waals surface area contributed by atoms with E-state index in [2.05, 4.69) is 18.9 Å². The Hall–Kier alpha value is -1.33. The number of halogens is 1. The summed E-state index contributed by atoms with van der Waals surface area (Å²) in [5, 5.41) is 6.06. The van der Waals surface area contributed by atoms with Gasteiger partial charge in [-0.15, -0.1) is 0 Å². The van der Waals surface area contributed by atoms with Gasteiger partial charge in [0.1, 0.15) is 5.15 Å². The summed E-state index contributed by atoms with van der Waals surface area (Å²) in [6, 6.07) is 0. The molecule has 5 nitrogen and oxygen atoms in total. The maximum absolute atomic E-state index is 11.6. The van der Waals surface area contributed by atoms with Gasteiger partial charge in [0.05, 0.1) is 12.8 Å². The van der Waals surface area contributed by atoms with Crippen molar-refractivity contribution in [3.05, 3.63) is 22.5 Å². The van der Waals surface area contributed by atoms with Crippen molar-refractivity contribution in [3.63, 3.8) is 0 Å². The van der Waals surface area contributed by atoms with Crippen LogP contribution in [0.5, 0.6) is 0 Å². The summed E-state index contributed by atoms with van der Waals surface area (Å²) in [4.78, 5) is 16.4. The molecule has 0 aliphatic carbocycles. The summed E-state index contributed by atoms with van der Waals surface area (Å²) in [7, 11) is 2.98. The Bertz CT molecular complexity index is 480. The predicted octanol–water partition coefficient (Wildman–Crippen LogP) is 2.53. The molecule has 0 saturated heterocycles. The molecule has 0 aromatic carbocycles. The Labute approximate surface area is 118 Å². The lowest BCUT2D eigenvalue weighted by Crippen LogP contribution is -2.22.